The number of nitrogens with zero attached hydrogens (tertiary/aromatic N) is 1. The molecule has 1 aromatic carbocycles. The number of rotatable bonds is 5. The molecule has 1 saturated carbocycles. The number of carbonyl (C=O) groups is 2. The summed E-state index contributed by atoms with van der Waals surface area (Å²) in [6, 6.07) is 5.79. The standard InChI is InChI=1S/C18H11F9INO2/c19-14(15(20,21)17(24,25)18(26,27)16(14,22)23)8-9(28)4-3-7-29-12(30)10-5-1-2-6-11(10)13(29)31/h1-2,5-6,8H,3-4,7H2. The van der Waals surface area contributed by atoms with Crippen LogP contribution in [0.4, 0.5) is 39.5 Å². The quantitative estimate of drug-likeness (QED) is 0.261. The van der Waals surface area contributed by atoms with Crippen molar-refractivity contribution in [3.63, 3.8) is 0 Å². The van der Waals surface area contributed by atoms with Gasteiger partial charge >= 0.3 is 23.7 Å². The van der Waals surface area contributed by atoms with Crippen molar-refractivity contribution in [2.75, 3.05) is 6.54 Å². The van der Waals surface area contributed by atoms with Gasteiger partial charge in [0, 0.05) is 6.54 Å². The first-order chi connectivity index (χ1) is 14.0. The fourth-order valence-electron chi connectivity index (χ4n) is 3.37. The summed E-state index contributed by atoms with van der Waals surface area (Å²) in [7, 11) is 0. The number of allylic oxidation sites excluding steroid dienone is 2. The van der Waals surface area contributed by atoms with Crippen LogP contribution in [0.2, 0.25) is 0 Å². The van der Waals surface area contributed by atoms with Gasteiger partial charge in [0.2, 0.25) is 0 Å². The highest BCUT2D eigenvalue weighted by molar-refractivity contribution is 14.1. The van der Waals surface area contributed by atoms with Crippen LogP contribution in [0.25, 0.3) is 0 Å². The van der Waals surface area contributed by atoms with E-state index in [-0.39, 0.29) is 24.1 Å². The molecule has 1 aliphatic heterocycles. The molecule has 0 N–H and O–H groups in total. The molecule has 0 saturated heterocycles. The van der Waals surface area contributed by atoms with Crippen LogP contribution in [0, 0.1) is 0 Å². The Hall–Kier alpha value is -1.80. The fraction of sp³-hybridized carbons (Fsp3) is 0.444. The second-order valence-corrected chi connectivity index (χ2v) is 8.40. The van der Waals surface area contributed by atoms with E-state index in [1.165, 1.54) is 24.3 Å². The van der Waals surface area contributed by atoms with Gasteiger partial charge in [0.1, 0.15) is 0 Å². The zero-order valence-electron chi connectivity index (χ0n) is 15.1. The van der Waals surface area contributed by atoms with Crippen molar-refractivity contribution >= 4 is 34.4 Å². The summed E-state index contributed by atoms with van der Waals surface area (Å²) >= 11 is 1.07. The third kappa shape index (κ3) is 2.94. The van der Waals surface area contributed by atoms with E-state index in [4.69, 9.17) is 0 Å². The summed E-state index contributed by atoms with van der Waals surface area (Å²) in [6.07, 6.45) is -1.41. The van der Waals surface area contributed by atoms with Crippen molar-refractivity contribution in [3.05, 3.63) is 45.0 Å². The molecule has 3 rings (SSSR count). The van der Waals surface area contributed by atoms with Gasteiger partial charge < -0.3 is 0 Å². The maximum atomic E-state index is 14.5. The van der Waals surface area contributed by atoms with E-state index in [2.05, 4.69) is 0 Å². The lowest BCUT2D eigenvalue weighted by atomic mass is 9.96. The maximum absolute atomic E-state index is 14.5. The Morgan fingerprint density at radius 1 is 0.806 bits per heavy atom. The molecule has 1 heterocycles. The molecule has 31 heavy (non-hydrogen) atoms. The highest BCUT2D eigenvalue weighted by Gasteiger charge is 3.00. The predicted molar refractivity (Wildman–Crippen MR) is 96.8 cm³/mol. The van der Waals surface area contributed by atoms with Crippen LogP contribution in [-0.2, 0) is 0 Å². The Bertz CT molecular complexity index is 916. The lowest BCUT2D eigenvalue weighted by Gasteiger charge is -2.28. The Kier molecular flexibility index (Phi) is 5.47. The lowest BCUT2D eigenvalue weighted by Crippen LogP contribution is -2.53. The number of alkyl halides is 9. The van der Waals surface area contributed by atoms with Crippen LogP contribution in [0.5, 0.6) is 0 Å². The minimum absolute atomic E-state index is 0.107. The van der Waals surface area contributed by atoms with E-state index < -0.39 is 57.2 Å². The first-order valence-electron chi connectivity index (χ1n) is 8.57. The SMILES string of the molecule is O=C1c2ccccc2C(=O)N1CCCC(I)=CC1(F)C(F)(F)C(F)(F)C(F)(F)C1(F)F. The number of amides is 2. The fourth-order valence-corrected chi connectivity index (χ4v) is 4.18. The second-order valence-electron chi connectivity index (χ2n) is 7.01. The molecule has 0 unspecified atom stereocenters. The third-order valence-corrected chi connectivity index (χ3v) is 5.98. The largest absolute Gasteiger partial charge is 0.382 e. The number of halogens is 10. The second kappa shape index (κ2) is 7.10. The summed E-state index contributed by atoms with van der Waals surface area (Å²) in [5.41, 5.74) is -5.44. The zero-order valence-corrected chi connectivity index (χ0v) is 17.2. The van der Waals surface area contributed by atoms with Crippen molar-refractivity contribution in [3.8, 4) is 0 Å². The Morgan fingerprint density at radius 2 is 1.23 bits per heavy atom. The maximum Gasteiger partial charge on any atom is 0.382 e. The van der Waals surface area contributed by atoms with Crippen molar-refractivity contribution in [1.29, 1.82) is 0 Å². The summed E-state index contributed by atoms with van der Waals surface area (Å²) < 4.78 is 122. The highest BCUT2D eigenvalue weighted by Crippen LogP contribution is 2.69. The van der Waals surface area contributed by atoms with Crippen LogP contribution in [0.1, 0.15) is 33.6 Å². The third-order valence-electron chi connectivity index (χ3n) is 5.13. The van der Waals surface area contributed by atoms with E-state index in [9.17, 15) is 49.1 Å². The van der Waals surface area contributed by atoms with Gasteiger partial charge in [-0.15, -0.1) is 0 Å². The number of hydrogen-bond donors (Lipinski definition) is 0. The highest BCUT2D eigenvalue weighted by atomic mass is 127. The minimum Gasteiger partial charge on any atom is -0.274 e. The van der Waals surface area contributed by atoms with Crippen LogP contribution in [0.15, 0.2) is 33.9 Å². The average molecular weight is 571 g/mol. The normalized spacial score (nSPS) is 25.1. The average Bonchev–Trinajstić information content (AvgIpc) is 2.94. The van der Waals surface area contributed by atoms with Crippen molar-refractivity contribution in [2.24, 2.45) is 0 Å². The Morgan fingerprint density at radius 3 is 1.65 bits per heavy atom. The van der Waals surface area contributed by atoms with Crippen LogP contribution in [0.3, 0.4) is 0 Å². The molecule has 0 bridgehead atoms. The molecule has 1 fully saturated rings. The van der Waals surface area contributed by atoms with Gasteiger partial charge in [0.05, 0.1) is 11.1 Å². The predicted octanol–water partition coefficient (Wildman–Crippen LogP) is 5.64. The Balaban J connectivity index is 1.77. The zero-order chi connectivity index (χ0) is 23.6. The molecule has 2 aliphatic rings. The van der Waals surface area contributed by atoms with Gasteiger partial charge in [0.15, 0.2) is 0 Å². The summed E-state index contributed by atoms with van der Waals surface area (Å²) in [4.78, 5) is 25.2. The number of hydrogen-bond acceptors (Lipinski definition) is 2. The van der Waals surface area contributed by atoms with E-state index in [0.29, 0.717) is 0 Å². The van der Waals surface area contributed by atoms with Gasteiger partial charge in [-0.05, 0) is 57.2 Å². The van der Waals surface area contributed by atoms with Gasteiger partial charge in [0.25, 0.3) is 17.5 Å². The van der Waals surface area contributed by atoms with Gasteiger partial charge in [-0.3, -0.25) is 14.5 Å². The molecule has 3 nitrogen and oxygen atoms in total. The van der Waals surface area contributed by atoms with Crippen LogP contribution >= 0.6 is 22.6 Å². The molecule has 13 heteroatoms. The van der Waals surface area contributed by atoms with Crippen molar-refractivity contribution < 1.29 is 49.1 Å². The number of imide groups is 1. The molecule has 170 valence electrons. The van der Waals surface area contributed by atoms with E-state index in [1.807, 2.05) is 0 Å². The molecular weight excluding hydrogens is 560 g/mol. The summed E-state index contributed by atoms with van der Waals surface area (Å²) in [5.74, 6) is -27.4. The summed E-state index contributed by atoms with van der Waals surface area (Å²) in [5, 5.41) is 0. The molecule has 0 aromatic heterocycles. The van der Waals surface area contributed by atoms with Gasteiger partial charge in [-0.2, -0.15) is 35.1 Å². The minimum atomic E-state index is -6.63. The molecule has 2 amide bonds. The van der Waals surface area contributed by atoms with E-state index >= 15 is 0 Å². The van der Waals surface area contributed by atoms with Crippen molar-refractivity contribution in [1.82, 2.24) is 4.90 Å². The van der Waals surface area contributed by atoms with Crippen molar-refractivity contribution in [2.45, 2.75) is 42.2 Å². The van der Waals surface area contributed by atoms with Crippen LogP contribution < -0.4 is 0 Å². The monoisotopic (exact) mass is 571 g/mol. The Labute approximate surface area is 182 Å². The smallest absolute Gasteiger partial charge is 0.274 e. The number of carbonyl (C=O) groups excluding carboxylic acids is 2. The van der Waals surface area contributed by atoms with Crippen LogP contribution in [-0.4, -0.2) is 52.6 Å². The molecular formula is C18H11F9INO2. The molecule has 1 aromatic rings. The number of benzene rings is 1. The molecule has 0 radical (unpaired) electrons. The van der Waals surface area contributed by atoms with E-state index in [0.717, 1.165) is 27.5 Å². The first kappa shape index (κ1) is 23.9. The molecule has 0 atom stereocenters. The number of fused-ring (bicyclic) bond motifs is 1. The van der Waals surface area contributed by atoms with Gasteiger partial charge in [-0.1, -0.05) is 12.1 Å². The first-order valence-corrected chi connectivity index (χ1v) is 9.65. The van der Waals surface area contributed by atoms with E-state index in [1.54, 1.807) is 0 Å². The summed E-state index contributed by atoms with van der Waals surface area (Å²) in [6.45, 7) is -0.328. The van der Waals surface area contributed by atoms with Gasteiger partial charge in [-0.25, -0.2) is 4.39 Å². The topological polar surface area (TPSA) is 37.4 Å². The molecule has 1 aliphatic carbocycles. The lowest BCUT2D eigenvalue weighted by molar-refractivity contribution is -0.303. The molecule has 0 spiro atoms.